The molecular formula is C19H19N3O6S. The molecule has 0 bridgehead atoms. The third-order valence-electron chi connectivity index (χ3n) is 4.21. The molecule has 2 aromatic carbocycles. The van der Waals surface area contributed by atoms with Crippen molar-refractivity contribution in [3.8, 4) is 5.75 Å². The first-order chi connectivity index (χ1) is 13.8. The molecule has 0 aliphatic carbocycles. The Hall–Kier alpha value is -3.24. The molecule has 10 heteroatoms. The van der Waals surface area contributed by atoms with Crippen LogP contribution in [0, 0.1) is 0 Å². The van der Waals surface area contributed by atoms with Crippen molar-refractivity contribution in [1.29, 1.82) is 0 Å². The molecule has 1 aliphatic heterocycles. The Labute approximate surface area is 167 Å². The fourth-order valence-corrected chi connectivity index (χ4v) is 3.64. The van der Waals surface area contributed by atoms with Crippen LogP contribution in [-0.4, -0.2) is 44.2 Å². The van der Waals surface area contributed by atoms with E-state index in [1.54, 1.807) is 24.3 Å². The molecule has 0 fully saturated rings. The first-order valence-electron chi connectivity index (χ1n) is 8.82. The third-order valence-corrected chi connectivity index (χ3v) is 5.47. The molecule has 0 aromatic heterocycles. The van der Waals surface area contributed by atoms with Crippen molar-refractivity contribution in [2.24, 2.45) is 0 Å². The number of benzene rings is 2. The maximum Gasteiger partial charge on any atom is 0.261 e. The highest BCUT2D eigenvalue weighted by Crippen LogP contribution is 2.22. The van der Waals surface area contributed by atoms with Crippen molar-refractivity contribution in [1.82, 2.24) is 15.2 Å². The molecule has 9 nitrogen and oxygen atoms in total. The molecule has 0 radical (unpaired) electrons. The lowest BCUT2D eigenvalue weighted by Crippen LogP contribution is -2.43. The number of amides is 3. The molecule has 3 rings (SSSR count). The van der Waals surface area contributed by atoms with Crippen LogP contribution in [0.3, 0.4) is 0 Å². The molecule has 2 N–H and O–H groups in total. The molecular weight excluding hydrogens is 398 g/mol. The fourth-order valence-electron chi connectivity index (χ4n) is 2.78. The zero-order chi connectivity index (χ0) is 21.0. The van der Waals surface area contributed by atoms with E-state index in [1.165, 1.54) is 24.3 Å². The topological polar surface area (TPSA) is 122 Å². The first kappa shape index (κ1) is 20.5. The van der Waals surface area contributed by atoms with Gasteiger partial charge in [-0.2, -0.15) is 0 Å². The zero-order valence-corrected chi connectivity index (χ0v) is 16.4. The number of rotatable bonds is 8. The average Bonchev–Trinajstić information content (AvgIpc) is 2.96. The summed E-state index contributed by atoms with van der Waals surface area (Å²) in [4.78, 5) is 39.4. The molecule has 29 heavy (non-hydrogen) atoms. The Morgan fingerprint density at radius 1 is 1.00 bits per heavy atom. The highest BCUT2D eigenvalue weighted by molar-refractivity contribution is 7.89. The van der Waals surface area contributed by atoms with E-state index in [9.17, 15) is 22.8 Å². The largest absolute Gasteiger partial charge is 0.494 e. The van der Waals surface area contributed by atoms with Gasteiger partial charge in [0, 0.05) is 13.0 Å². The maximum absolute atomic E-state index is 12.2. The number of hydrogen-bond donors (Lipinski definition) is 2. The molecule has 0 unspecified atom stereocenters. The number of ether oxygens (including phenoxy) is 1. The Balaban J connectivity index is 1.54. The summed E-state index contributed by atoms with van der Waals surface area (Å²) in [6, 6.07) is 12.1. The predicted octanol–water partition coefficient (Wildman–Crippen LogP) is 1.08. The van der Waals surface area contributed by atoms with Gasteiger partial charge in [0.1, 0.15) is 5.75 Å². The van der Waals surface area contributed by atoms with Crippen LogP contribution in [0.5, 0.6) is 5.75 Å². The lowest BCUT2D eigenvalue weighted by atomic mass is 10.1. The Kier molecular flexibility index (Phi) is 5.95. The molecule has 0 spiro atoms. The summed E-state index contributed by atoms with van der Waals surface area (Å²) in [5, 5.41) is 0. The van der Waals surface area contributed by atoms with Crippen LogP contribution < -0.4 is 15.0 Å². The molecule has 152 valence electrons. The lowest BCUT2D eigenvalue weighted by Gasteiger charge is -2.14. The Morgan fingerprint density at radius 3 is 2.14 bits per heavy atom. The van der Waals surface area contributed by atoms with E-state index in [-0.39, 0.29) is 29.0 Å². The highest BCUT2D eigenvalue weighted by atomic mass is 32.2. The van der Waals surface area contributed by atoms with Gasteiger partial charge in [-0.15, -0.1) is 4.83 Å². The van der Waals surface area contributed by atoms with Crippen LogP contribution in [0.15, 0.2) is 53.4 Å². The summed E-state index contributed by atoms with van der Waals surface area (Å²) in [6.07, 6.45) is -0.253. The van der Waals surface area contributed by atoms with Crippen LogP contribution in [0.1, 0.15) is 34.1 Å². The molecule has 1 heterocycles. The van der Waals surface area contributed by atoms with Gasteiger partial charge in [-0.1, -0.05) is 12.1 Å². The SMILES string of the molecule is CCOc1ccc(S(=O)(=O)NNC(=O)CCN2C(=O)c3ccccc3C2=O)cc1. The van der Waals surface area contributed by atoms with E-state index in [1.807, 2.05) is 11.8 Å². The quantitative estimate of drug-likeness (QED) is 0.490. The van der Waals surface area contributed by atoms with Crippen LogP contribution in [0.4, 0.5) is 0 Å². The predicted molar refractivity (Wildman–Crippen MR) is 103 cm³/mol. The van der Waals surface area contributed by atoms with Gasteiger partial charge >= 0.3 is 0 Å². The molecule has 0 saturated heterocycles. The van der Waals surface area contributed by atoms with E-state index in [2.05, 4.69) is 5.43 Å². The second-order valence-electron chi connectivity index (χ2n) is 6.12. The van der Waals surface area contributed by atoms with Crippen molar-refractivity contribution in [3.05, 3.63) is 59.7 Å². The number of fused-ring (bicyclic) bond motifs is 1. The molecule has 1 aliphatic rings. The summed E-state index contributed by atoms with van der Waals surface area (Å²) in [6.45, 7) is 2.10. The van der Waals surface area contributed by atoms with Gasteiger partial charge in [-0.3, -0.25) is 24.7 Å². The van der Waals surface area contributed by atoms with E-state index in [0.717, 1.165) is 4.90 Å². The van der Waals surface area contributed by atoms with Crippen molar-refractivity contribution in [2.75, 3.05) is 13.2 Å². The number of hydrogen-bond acceptors (Lipinski definition) is 6. The fraction of sp³-hybridized carbons (Fsp3) is 0.211. The van der Waals surface area contributed by atoms with E-state index < -0.39 is 27.7 Å². The van der Waals surface area contributed by atoms with Gasteiger partial charge in [-0.25, -0.2) is 8.42 Å². The number of carbonyl (C=O) groups is 3. The number of nitrogens with zero attached hydrogens (tertiary/aromatic N) is 1. The van der Waals surface area contributed by atoms with Gasteiger partial charge in [-0.05, 0) is 43.3 Å². The monoisotopic (exact) mass is 417 g/mol. The standard InChI is InChI=1S/C19H19N3O6S/c1-2-28-13-7-9-14(10-8-13)29(26,27)21-20-17(23)11-12-22-18(24)15-5-3-4-6-16(15)19(22)25/h3-10,21H,2,11-12H2,1H3,(H,20,23). The number of hydrazine groups is 1. The summed E-state index contributed by atoms with van der Waals surface area (Å²) < 4.78 is 29.7. The minimum atomic E-state index is -3.97. The third kappa shape index (κ3) is 4.44. The van der Waals surface area contributed by atoms with Gasteiger partial charge in [0.15, 0.2) is 0 Å². The maximum atomic E-state index is 12.2. The van der Waals surface area contributed by atoms with Crippen LogP contribution >= 0.6 is 0 Å². The van der Waals surface area contributed by atoms with Crippen molar-refractivity contribution >= 4 is 27.7 Å². The second-order valence-corrected chi connectivity index (χ2v) is 7.80. The van der Waals surface area contributed by atoms with Crippen molar-refractivity contribution < 1.29 is 27.5 Å². The minimum Gasteiger partial charge on any atom is -0.494 e. The minimum absolute atomic E-state index is 0.0541. The van der Waals surface area contributed by atoms with Gasteiger partial charge in [0.05, 0.1) is 22.6 Å². The number of sulfonamides is 1. The summed E-state index contributed by atoms with van der Waals surface area (Å²) in [5.41, 5.74) is 2.65. The van der Waals surface area contributed by atoms with Gasteiger partial charge < -0.3 is 4.74 Å². The Bertz CT molecular complexity index is 1010. The molecule has 2 aromatic rings. The lowest BCUT2D eigenvalue weighted by molar-refractivity contribution is -0.121. The van der Waals surface area contributed by atoms with Crippen LogP contribution in [-0.2, 0) is 14.8 Å². The zero-order valence-electron chi connectivity index (χ0n) is 15.5. The molecule has 3 amide bonds. The van der Waals surface area contributed by atoms with E-state index >= 15 is 0 Å². The number of nitrogens with one attached hydrogen (secondary N) is 2. The van der Waals surface area contributed by atoms with E-state index in [0.29, 0.717) is 12.4 Å². The molecule has 0 atom stereocenters. The number of carbonyl (C=O) groups excluding carboxylic acids is 3. The first-order valence-corrected chi connectivity index (χ1v) is 10.3. The average molecular weight is 417 g/mol. The molecule has 0 saturated carbocycles. The summed E-state index contributed by atoms with van der Waals surface area (Å²) in [7, 11) is -3.97. The van der Waals surface area contributed by atoms with Gasteiger partial charge in [0.2, 0.25) is 5.91 Å². The van der Waals surface area contributed by atoms with Crippen molar-refractivity contribution in [2.45, 2.75) is 18.2 Å². The summed E-state index contributed by atoms with van der Waals surface area (Å²) in [5.74, 6) is -1.12. The Morgan fingerprint density at radius 2 is 1.59 bits per heavy atom. The van der Waals surface area contributed by atoms with E-state index in [4.69, 9.17) is 4.74 Å². The van der Waals surface area contributed by atoms with Crippen LogP contribution in [0.25, 0.3) is 0 Å². The number of imide groups is 1. The smallest absolute Gasteiger partial charge is 0.261 e. The second kappa shape index (κ2) is 8.41. The van der Waals surface area contributed by atoms with Crippen LogP contribution in [0.2, 0.25) is 0 Å². The van der Waals surface area contributed by atoms with Crippen molar-refractivity contribution in [3.63, 3.8) is 0 Å². The highest BCUT2D eigenvalue weighted by Gasteiger charge is 2.35. The van der Waals surface area contributed by atoms with Gasteiger partial charge in [0.25, 0.3) is 21.8 Å². The summed E-state index contributed by atoms with van der Waals surface area (Å²) >= 11 is 0. The normalized spacial score (nSPS) is 13.3.